The molecule has 6 nitrogen and oxygen atoms in total. The van der Waals surface area contributed by atoms with Crippen molar-refractivity contribution in [3.8, 4) is 0 Å². The van der Waals surface area contributed by atoms with Crippen molar-refractivity contribution >= 4 is 44.0 Å². The summed E-state index contributed by atoms with van der Waals surface area (Å²) in [7, 11) is -3.79. The van der Waals surface area contributed by atoms with E-state index in [1.807, 2.05) is 13.8 Å². The van der Waals surface area contributed by atoms with E-state index >= 15 is 0 Å². The molecule has 0 atom stereocenters. The van der Waals surface area contributed by atoms with Gasteiger partial charge in [0.1, 0.15) is 4.88 Å². The molecule has 0 radical (unpaired) electrons. The van der Waals surface area contributed by atoms with Crippen LogP contribution in [0.5, 0.6) is 0 Å². The maximum atomic E-state index is 12.7. The Morgan fingerprint density at radius 2 is 1.77 bits per heavy atom. The molecule has 1 N–H and O–H groups in total. The average Bonchev–Trinajstić information content (AvgIpc) is 2.94. The second-order valence-corrected chi connectivity index (χ2v) is 8.90. The minimum atomic E-state index is -3.79. The van der Waals surface area contributed by atoms with E-state index in [2.05, 4.69) is 9.71 Å². The van der Waals surface area contributed by atoms with Gasteiger partial charge in [-0.3, -0.25) is 9.52 Å². The summed E-state index contributed by atoms with van der Waals surface area (Å²) in [6, 6.07) is 5.85. The van der Waals surface area contributed by atoms with Gasteiger partial charge in [0.05, 0.1) is 10.6 Å². The van der Waals surface area contributed by atoms with Gasteiger partial charge in [0, 0.05) is 18.1 Å². The quantitative estimate of drug-likeness (QED) is 0.701. The molecule has 0 saturated heterocycles. The fourth-order valence-electron chi connectivity index (χ4n) is 2.42. The number of nitrogens with one attached hydrogen (secondary N) is 1. The maximum absolute atomic E-state index is 12.7. The van der Waals surface area contributed by atoms with Crippen LogP contribution >= 0.6 is 22.9 Å². The molecule has 142 valence electrons. The summed E-state index contributed by atoms with van der Waals surface area (Å²) in [5.74, 6) is -0.111. The number of carbonyl (C=O) groups is 1. The Kier molecular flexibility index (Phi) is 7.02. The third-order valence-corrected chi connectivity index (χ3v) is 6.41. The van der Waals surface area contributed by atoms with Gasteiger partial charge in [-0.15, -0.1) is 0 Å². The number of sulfonamides is 1. The molecular weight excluding hydrogens is 394 g/mol. The zero-order valence-electron chi connectivity index (χ0n) is 15.0. The van der Waals surface area contributed by atoms with E-state index in [0.29, 0.717) is 28.7 Å². The fourth-order valence-corrected chi connectivity index (χ4v) is 4.72. The number of hydrogen-bond donors (Lipinski definition) is 1. The molecule has 0 saturated carbocycles. The smallest absolute Gasteiger partial charge is 0.265 e. The lowest BCUT2D eigenvalue weighted by atomic mass is 10.3. The summed E-state index contributed by atoms with van der Waals surface area (Å²) in [6.07, 6.45) is 1.72. The van der Waals surface area contributed by atoms with E-state index in [1.54, 1.807) is 11.8 Å². The first-order chi connectivity index (χ1) is 12.3. The minimum absolute atomic E-state index is 0.0845. The normalized spacial score (nSPS) is 11.4. The Bertz CT molecular complexity index is 858. The second-order valence-electron chi connectivity index (χ2n) is 5.79. The number of anilines is 1. The first-order valence-corrected chi connectivity index (χ1v) is 11.0. The summed E-state index contributed by atoms with van der Waals surface area (Å²) < 4.78 is 27.4. The van der Waals surface area contributed by atoms with Crippen molar-refractivity contribution in [3.63, 3.8) is 0 Å². The highest BCUT2D eigenvalue weighted by Gasteiger charge is 2.23. The average molecular weight is 416 g/mol. The predicted octanol–water partition coefficient (Wildman–Crippen LogP) is 4.17. The minimum Gasteiger partial charge on any atom is -0.338 e. The number of amides is 1. The Balaban J connectivity index is 2.24. The molecule has 9 heteroatoms. The third kappa shape index (κ3) is 4.96. The SMILES string of the molecule is CCCN(CCC)C(=O)c1sc(NS(=O)(=O)c2ccc(Cl)cc2)nc1C. The van der Waals surface area contributed by atoms with E-state index in [1.165, 1.54) is 24.3 Å². The molecule has 1 aromatic heterocycles. The van der Waals surface area contributed by atoms with Crippen molar-refractivity contribution in [1.29, 1.82) is 0 Å². The molecule has 1 amide bonds. The van der Waals surface area contributed by atoms with Crippen molar-refractivity contribution in [1.82, 2.24) is 9.88 Å². The van der Waals surface area contributed by atoms with Gasteiger partial charge in [-0.05, 0) is 44.0 Å². The highest BCUT2D eigenvalue weighted by atomic mass is 35.5. The predicted molar refractivity (Wildman–Crippen MR) is 106 cm³/mol. The number of aromatic nitrogens is 1. The van der Waals surface area contributed by atoms with Gasteiger partial charge in [0.2, 0.25) is 0 Å². The lowest BCUT2D eigenvalue weighted by Crippen LogP contribution is -2.32. The van der Waals surface area contributed by atoms with E-state index < -0.39 is 10.0 Å². The number of nitrogens with zero attached hydrogens (tertiary/aromatic N) is 2. The highest BCUT2D eigenvalue weighted by molar-refractivity contribution is 7.93. The van der Waals surface area contributed by atoms with Crippen molar-refractivity contribution in [2.45, 2.75) is 38.5 Å². The van der Waals surface area contributed by atoms with Crippen LogP contribution in [0.3, 0.4) is 0 Å². The van der Waals surface area contributed by atoms with Crippen molar-refractivity contribution in [3.05, 3.63) is 39.9 Å². The van der Waals surface area contributed by atoms with E-state index in [9.17, 15) is 13.2 Å². The Hall–Kier alpha value is -1.64. The molecule has 2 rings (SSSR count). The first kappa shape index (κ1) is 20.7. The molecule has 0 aliphatic heterocycles. The van der Waals surface area contributed by atoms with Crippen LogP contribution in [0.4, 0.5) is 5.13 Å². The van der Waals surface area contributed by atoms with Crippen molar-refractivity contribution < 1.29 is 13.2 Å². The first-order valence-electron chi connectivity index (χ1n) is 8.33. The zero-order valence-corrected chi connectivity index (χ0v) is 17.3. The summed E-state index contributed by atoms with van der Waals surface area (Å²) in [5.41, 5.74) is 0.519. The maximum Gasteiger partial charge on any atom is 0.265 e. The molecule has 0 fully saturated rings. The molecule has 0 bridgehead atoms. The number of carbonyl (C=O) groups excluding carboxylic acids is 1. The summed E-state index contributed by atoms with van der Waals surface area (Å²) in [6.45, 7) is 7.06. The van der Waals surface area contributed by atoms with E-state index in [0.717, 1.165) is 24.2 Å². The van der Waals surface area contributed by atoms with Gasteiger partial charge in [-0.1, -0.05) is 36.8 Å². The standard InChI is InChI=1S/C17H22ClN3O3S2/c1-4-10-21(11-5-2)16(22)15-12(3)19-17(25-15)20-26(23,24)14-8-6-13(18)7-9-14/h6-9H,4-5,10-11H2,1-3H3,(H,19,20). The number of halogens is 1. The molecule has 26 heavy (non-hydrogen) atoms. The fraction of sp³-hybridized carbons (Fsp3) is 0.412. The van der Waals surface area contributed by atoms with Gasteiger partial charge in [0.25, 0.3) is 15.9 Å². The van der Waals surface area contributed by atoms with E-state index in [-0.39, 0.29) is 15.9 Å². The van der Waals surface area contributed by atoms with Crippen LogP contribution in [0.25, 0.3) is 0 Å². The lowest BCUT2D eigenvalue weighted by molar-refractivity contribution is 0.0759. The van der Waals surface area contributed by atoms with Crippen LogP contribution in [0.2, 0.25) is 5.02 Å². The van der Waals surface area contributed by atoms with Crippen LogP contribution < -0.4 is 4.72 Å². The third-order valence-electron chi connectivity index (χ3n) is 3.61. The summed E-state index contributed by atoms with van der Waals surface area (Å²) >= 11 is 6.85. The number of benzene rings is 1. The molecule has 0 aliphatic carbocycles. The van der Waals surface area contributed by atoms with Gasteiger partial charge in [-0.25, -0.2) is 13.4 Å². The lowest BCUT2D eigenvalue weighted by Gasteiger charge is -2.20. The Morgan fingerprint density at radius 1 is 1.19 bits per heavy atom. The molecule has 1 aromatic carbocycles. The largest absolute Gasteiger partial charge is 0.338 e. The Labute approximate surface area is 163 Å². The number of thiazole rings is 1. The van der Waals surface area contributed by atoms with Crippen LogP contribution in [-0.2, 0) is 10.0 Å². The van der Waals surface area contributed by atoms with Gasteiger partial charge in [0.15, 0.2) is 5.13 Å². The van der Waals surface area contributed by atoms with Crippen LogP contribution in [0.15, 0.2) is 29.2 Å². The molecule has 2 aromatic rings. The van der Waals surface area contributed by atoms with Gasteiger partial charge >= 0.3 is 0 Å². The Morgan fingerprint density at radius 3 is 2.31 bits per heavy atom. The van der Waals surface area contributed by atoms with Crippen LogP contribution in [0, 0.1) is 6.92 Å². The van der Waals surface area contributed by atoms with Crippen molar-refractivity contribution in [2.24, 2.45) is 0 Å². The topological polar surface area (TPSA) is 79.4 Å². The van der Waals surface area contributed by atoms with Gasteiger partial charge in [-0.2, -0.15) is 0 Å². The highest BCUT2D eigenvalue weighted by Crippen LogP contribution is 2.27. The van der Waals surface area contributed by atoms with Gasteiger partial charge < -0.3 is 4.90 Å². The second kappa shape index (κ2) is 8.83. The van der Waals surface area contributed by atoms with Crippen LogP contribution in [-0.4, -0.2) is 37.3 Å². The van der Waals surface area contributed by atoms with Crippen LogP contribution in [0.1, 0.15) is 42.1 Å². The number of hydrogen-bond acceptors (Lipinski definition) is 5. The molecule has 1 heterocycles. The molecular formula is C17H22ClN3O3S2. The monoisotopic (exact) mass is 415 g/mol. The molecule has 0 spiro atoms. The van der Waals surface area contributed by atoms with Crippen molar-refractivity contribution in [2.75, 3.05) is 17.8 Å². The summed E-state index contributed by atoms with van der Waals surface area (Å²) in [5, 5.41) is 0.627. The number of rotatable bonds is 8. The summed E-state index contributed by atoms with van der Waals surface area (Å²) in [4.78, 5) is 19.3. The van der Waals surface area contributed by atoms with E-state index in [4.69, 9.17) is 11.6 Å². The molecule has 0 aliphatic rings. The molecule has 0 unspecified atom stereocenters. The zero-order chi connectivity index (χ0) is 19.3. The number of aryl methyl sites for hydroxylation is 1.